The minimum atomic E-state index is -3.74. The molecule has 0 saturated heterocycles. The van der Waals surface area contributed by atoms with Gasteiger partial charge in [-0.2, -0.15) is 0 Å². The van der Waals surface area contributed by atoms with Crippen LogP contribution in [0.25, 0.3) is 0 Å². The van der Waals surface area contributed by atoms with Crippen LogP contribution in [-0.2, 0) is 16.6 Å². The van der Waals surface area contributed by atoms with Crippen molar-refractivity contribution in [3.05, 3.63) is 64.2 Å². The van der Waals surface area contributed by atoms with Crippen LogP contribution >= 0.6 is 11.6 Å². The van der Waals surface area contributed by atoms with Crippen molar-refractivity contribution in [2.45, 2.75) is 50.1 Å². The van der Waals surface area contributed by atoms with Crippen LogP contribution in [0, 0.1) is 0 Å². The minimum Gasteiger partial charge on any atom is -0.331 e. The standard InChI is InChI=1S/C22H27ClN2O3S/c1-15(2)17-7-5-16(6-8-17)14-25(19-10-11-19)22(26)18-9-12-20(23)21(13-18)29(27,28)24(3)4/h5-9,12-13,15,19H,10-11,14H2,1-4H3. The summed E-state index contributed by atoms with van der Waals surface area (Å²) >= 11 is 6.12. The van der Waals surface area contributed by atoms with E-state index in [1.165, 1.54) is 31.8 Å². The Morgan fingerprint density at radius 2 is 1.72 bits per heavy atom. The summed E-state index contributed by atoms with van der Waals surface area (Å²) in [5.74, 6) is 0.281. The van der Waals surface area contributed by atoms with Gasteiger partial charge in [-0.25, -0.2) is 12.7 Å². The van der Waals surface area contributed by atoms with Gasteiger partial charge in [-0.1, -0.05) is 49.7 Å². The highest BCUT2D eigenvalue weighted by Crippen LogP contribution is 2.32. The molecule has 7 heteroatoms. The van der Waals surface area contributed by atoms with Gasteiger partial charge in [-0.3, -0.25) is 4.79 Å². The highest BCUT2D eigenvalue weighted by atomic mass is 35.5. The quantitative estimate of drug-likeness (QED) is 0.643. The Balaban J connectivity index is 1.88. The van der Waals surface area contributed by atoms with Crippen LogP contribution in [0.2, 0.25) is 5.02 Å². The molecule has 0 atom stereocenters. The number of rotatable bonds is 7. The fourth-order valence-electron chi connectivity index (χ4n) is 3.15. The summed E-state index contributed by atoms with van der Waals surface area (Å²) in [6, 6.07) is 13.0. The van der Waals surface area contributed by atoms with E-state index in [0.29, 0.717) is 18.0 Å². The Labute approximate surface area is 178 Å². The molecule has 1 saturated carbocycles. The molecule has 0 spiro atoms. The predicted molar refractivity (Wildman–Crippen MR) is 116 cm³/mol. The highest BCUT2D eigenvalue weighted by Gasteiger charge is 2.34. The van der Waals surface area contributed by atoms with Crippen molar-refractivity contribution < 1.29 is 13.2 Å². The summed E-state index contributed by atoms with van der Waals surface area (Å²) in [5, 5.41) is 0.109. The molecule has 2 aromatic rings. The van der Waals surface area contributed by atoms with Crippen LogP contribution in [0.15, 0.2) is 47.4 Å². The summed E-state index contributed by atoms with van der Waals surface area (Å²) in [6.07, 6.45) is 1.93. The molecular weight excluding hydrogens is 408 g/mol. The van der Waals surface area contributed by atoms with Gasteiger partial charge >= 0.3 is 0 Å². The number of hydrogen-bond acceptors (Lipinski definition) is 3. The van der Waals surface area contributed by atoms with E-state index in [0.717, 1.165) is 22.7 Å². The Morgan fingerprint density at radius 3 is 2.24 bits per heavy atom. The molecule has 1 amide bonds. The molecule has 5 nitrogen and oxygen atoms in total. The lowest BCUT2D eigenvalue weighted by molar-refractivity contribution is 0.0729. The summed E-state index contributed by atoms with van der Waals surface area (Å²) in [7, 11) is -0.851. The van der Waals surface area contributed by atoms with Crippen LogP contribution in [0.3, 0.4) is 0 Å². The summed E-state index contributed by atoms with van der Waals surface area (Å²) < 4.78 is 26.2. The van der Waals surface area contributed by atoms with Crippen LogP contribution in [0.1, 0.15) is 54.1 Å². The molecule has 1 aliphatic carbocycles. The molecule has 0 aliphatic heterocycles. The molecule has 156 valence electrons. The monoisotopic (exact) mass is 434 g/mol. The first-order valence-corrected chi connectivity index (χ1v) is 11.5. The Morgan fingerprint density at radius 1 is 1.10 bits per heavy atom. The first-order valence-electron chi connectivity index (χ1n) is 9.73. The Bertz CT molecular complexity index is 997. The molecular formula is C22H27ClN2O3S. The van der Waals surface area contributed by atoms with E-state index in [4.69, 9.17) is 11.6 Å². The van der Waals surface area contributed by atoms with Crippen molar-refractivity contribution in [1.29, 1.82) is 0 Å². The van der Waals surface area contributed by atoms with E-state index in [-0.39, 0.29) is 21.9 Å². The molecule has 0 unspecified atom stereocenters. The highest BCUT2D eigenvalue weighted by molar-refractivity contribution is 7.89. The summed E-state index contributed by atoms with van der Waals surface area (Å²) in [4.78, 5) is 15.0. The minimum absolute atomic E-state index is 0.0490. The van der Waals surface area contributed by atoms with Crippen molar-refractivity contribution in [2.75, 3.05) is 14.1 Å². The third-order valence-corrected chi connectivity index (χ3v) is 7.48. The zero-order chi connectivity index (χ0) is 21.3. The van der Waals surface area contributed by atoms with Crippen molar-refractivity contribution in [1.82, 2.24) is 9.21 Å². The smallest absolute Gasteiger partial charge is 0.254 e. The van der Waals surface area contributed by atoms with Crippen molar-refractivity contribution >= 4 is 27.5 Å². The summed E-state index contributed by atoms with van der Waals surface area (Å²) in [6.45, 7) is 4.80. The molecule has 29 heavy (non-hydrogen) atoms. The molecule has 2 aromatic carbocycles. The molecule has 0 N–H and O–H groups in total. The Hall–Kier alpha value is -1.89. The Kier molecular flexibility index (Phi) is 6.36. The van der Waals surface area contributed by atoms with Gasteiger partial charge in [0.1, 0.15) is 4.90 Å². The van der Waals surface area contributed by atoms with Crippen LogP contribution in [0.5, 0.6) is 0 Å². The van der Waals surface area contributed by atoms with Gasteiger partial charge in [0.05, 0.1) is 5.02 Å². The number of carbonyl (C=O) groups is 1. The maximum atomic E-state index is 13.2. The number of benzene rings is 2. The maximum Gasteiger partial charge on any atom is 0.254 e. The zero-order valence-electron chi connectivity index (χ0n) is 17.2. The van der Waals surface area contributed by atoms with Gasteiger partial charge in [-0.05, 0) is 48.1 Å². The first kappa shape index (κ1) is 21.8. The topological polar surface area (TPSA) is 57.7 Å². The van der Waals surface area contributed by atoms with Gasteiger partial charge in [0.25, 0.3) is 5.91 Å². The molecule has 0 radical (unpaired) electrons. The van der Waals surface area contributed by atoms with E-state index in [1.54, 1.807) is 6.07 Å². The lowest BCUT2D eigenvalue weighted by atomic mass is 10.0. The number of sulfonamides is 1. The zero-order valence-corrected chi connectivity index (χ0v) is 18.8. The van der Waals surface area contributed by atoms with E-state index in [2.05, 4.69) is 38.1 Å². The molecule has 0 bridgehead atoms. The number of hydrogen-bond donors (Lipinski definition) is 0. The van der Waals surface area contributed by atoms with Crippen molar-refractivity contribution in [3.63, 3.8) is 0 Å². The van der Waals surface area contributed by atoms with Gasteiger partial charge in [0, 0.05) is 32.2 Å². The normalized spacial score (nSPS) is 14.4. The van der Waals surface area contributed by atoms with Gasteiger partial charge in [0.2, 0.25) is 10.0 Å². The lowest BCUT2D eigenvalue weighted by Gasteiger charge is -2.23. The fourth-order valence-corrected chi connectivity index (χ4v) is 4.55. The number of amides is 1. The first-order chi connectivity index (χ1) is 13.6. The van der Waals surface area contributed by atoms with Gasteiger partial charge in [-0.15, -0.1) is 0 Å². The van der Waals surface area contributed by atoms with Crippen molar-refractivity contribution in [3.8, 4) is 0 Å². The molecule has 1 aliphatic rings. The van der Waals surface area contributed by atoms with Crippen molar-refractivity contribution in [2.24, 2.45) is 0 Å². The number of halogens is 1. The summed E-state index contributed by atoms with van der Waals surface area (Å²) in [5.41, 5.74) is 2.65. The second kappa shape index (κ2) is 8.46. The third kappa shape index (κ3) is 4.82. The third-order valence-electron chi connectivity index (χ3n) is 5.18. The largest absolute Gasteiger partial charge is 0.331 e. The molecule has 3 rings (SSSR count). The van der Waals surface area contributed by atoms with Gasteiger partial charge < -0.3 is 4.90 Å². The second-order valence-corrected chi connectivity index (χ2v) is 10.5. The molecule has 1 fully saturated rings. The van der Waals surface area contributed by atoms with E-state index >= 15 is 0 Å². The van der Waals surface area contributed by atoms with Gasteiger partial charge in [0.15, 0.2) is 0 Å². The van der Waals surface area contributed by atoms with Crippen LogP contribution < -0.4 is 0 Å². The second-order valence-electron chi connectivity index (χ2n) is 7.99. The van der Waals surface area contributed by atoms with E-state index < -0.39 is 10.0 Å². The predicted octanol–water partition coefficient (Wildman–Crippen LogP) is 4.52. The number of nitrogens with zero attached hydrogens (tertiary/aromatic N) is 2. The molecule has 0 heterocycles. The lowest BCUT2D eigenvalue weighted by Crippen LogP contribution is -2.33. The fraction of sp³-hybridized carbons (Fsp3) is 0.409. The number of carbonyl (C=O) groups excluding carboxylic acids is 1. The van der Waals surface area contributed by atoms with Crippen LogP contribution in [-0.4, -0.2) is 43.7 Å². The average Bonchev–Trinajstić information content (AvgIpc) is 3.51. The van der Waals surface area contributed by atoms with E-state index in [1.807, 2.05) is 4.90 Å². The van der Waals surface area contributed by atoms with E-state index in [9.17, 15) is 13.2 Å². The molecule has 0 aromatic heterocycles. The maximum absolute atomic E-state index is 13.2. The van der Waals surface area contributed by atoms with Crippen LogP contribution in [0.4, 0.5) is 0 Å². The average molecular weight is 435 g/mol. The SMILES string of the molecule is CC(C)c1ccc(CN(C(=O)c2ccc(Cl)c(S(=O)(=O)N(C)C)c2)C2CC2)cc1.